The lowest BCUT2D eigenvalue weighted by atomic mass is 10.1. The smallest absolute Gasteiger partial charge is 0.297 e. The summed E-state index contributed by atoms with van der Waals surface area (Å²) in [6.07, 6.45) is 5.78. The molecule has 0 saturated heterocycles. The lowest BCUT2D eigenvalue weighted by Crippen LogP contribution is -2.24. The Bertz CT molecular complexity index is 844. The van der Waals surface area contributed by atoms with Crippen molar-refractivity contribution in [1.82, 2.24) is 4.57 Å². The zero-order valence-electron chi connectivity index (χ0n) is 16.3. The van der Waals surface area contributed by atoms with Gasteiger partial charge in [-0.1, -0.05) is 39.5 Å². The number of nitrogens with zero attached hydrogens (tertiary/aromatic N) is 2. The molecule has 0 saturated carbocycles. The van der Waals surface area contributed by atoms with Crippen molar-refractivity contribution in [3.8, 4) is 11.5 Å². The average Bonchev–Trinajstić information content (AvgIpc) is 2.66. The number of aromatic nitrogens is 1. The Kier molecular flexibility index (Phi) is 7.64. The minimum absolute atomic E-state index is 0.0501. The summed E-state index contributed by atoms with van der Waals surface area (Å²) >= 11 is 0. The SMILES string of the molecule is CCCCCCn1c(=O)c(OCCCC)c(OC)c2ccc([N+](=O)[O-])cc21. The number of rotatable bonds is 11. The van der Waals surface area contributed by atoms with Gasteiger partial charge in [0.25, 0.3) is 11.2 Å². The highest BCUT2D eigenvalue weighted by Gasteiger charge is 2.21. The molecular formula is C20H28N2O5. The molecule has 0 fully saturated rings. The predicted molar refractivity (Wildman–Crippen MR) is 106 cm³/mol. The molecule has 0 unspecified atom stereocenters. The summed E-state index contributed by atoms with van der Waals surface area (Å²) < 4.78 is 12.8. The van der Waals surface area contributed by atoms with Gasteiger partial charge in [-0.15, -0.1) is 0 Å². The van der Waals surface area contributed by atoms with Gasteiger partial charge < -0.3 is 14.0 Å². The lowest BCUT2D eigenvalue weighted by Gasteiger charge is -2.17. The first-order valence-electron chi connectivity index (χ1n) is 9.56. The Hall–Kier alpha value is -2.57. The summed E-state index contributed by atoms with van der Waals surface area (Å²) in [6.45, 7) is 5.09. The second-order valence-corrected chi connectivity index (χ2v) is 6.54. The van der Waals surface area contributed by atoms with Crippen LogP contribution < -0.4 is 15.0 Å². The number of nitro groups is 1. The molecule has 148 valence electrons. The molecule has 0 radical (unpaired) electrons. The van der Waals surface area contributed by atoms with Gasteiger partial charge in [-0.2, -0.15) is 0 Å². The molecule has 1 aromatic heterocycles. The van der Waals surface area contributed by atoms with Gasteiger partial charge in [0, 0.05) is 24.1 Å². The minimum atomic E-state index is -0.455. The molecule has 7 heteroatoms. The van der Waals surface area contributed by atoms with Gasteiger partial charge in [0.1, 0.15) is 0 Å². The van der Waals surface area contributed by atoms with E-state index in [4.69, 9.17) is 9.47 Å². The van der Waals surface area contributed by atoms with E-state index in [1.807, 2.05) is 6.92 Å². The van der Waals surface area contributed by atoms with Crippen molar-refractivity contribution in [2.24, 2.45) is 0 Å². The van der Waals surface area contributed by atoms with Crippen molar-refractivity contribution < 1.29 is 14.4 Å². The number of aryl methyl sites for hydroxylation is 1. The molecule has 0 N–H and O–H groups in total. The number of methoxy groups -OCH3 is 1. The monoisotopic (exact) mass is 376 g/mol. The van der Waals surface area contributed by atoms with Crippen LogP contribution in [0.1, 0.15) is 52.4 Å². The van der Waals surface area contributed by atoms with E-state index in [1.165, 1.54) is 19.2 Å². The first-order chi connectivity index (χ1) is 13.0. The van der Waals surface area contributed by atoms with Gasteiger partial charge in [0.2, 0.25) is 5.75 Å². The van der Waals surface area contributed by atoms with Crippen LogP contribution in [0.5, 0.6) is 11.5 Å². The Morgan fingerprint density at radius 1 is 1.07 bits per heavy atom. The molecule has 27 heavy (non-hydrogen) atoms. The highest BCUT2D eigenvalue weighted by Crippen LogP contribution is 2.34. The quantitative estimate of drug-likeness (QED) is 0.323. The van der Waals surface area contributed by atoms with Crippen LogP contribution in [0.15, 0.2) is 23.0 Å². The second-order valence-electron chi connectivity index (χ2n) is 6.54. The molecule has 0 aliphatic rings. The summed E-state index contributed by atoms with van der Waals surface area (Å²) in [7, 11) is 1.48. The largest absolute Gasteiger partial charge is 0.492 e. The third-order valence-electron chi connectivity index (χ3n) is 4.56. The summed E-state index contributed by atoms with van der Waals surface area (Å²) in [5.41, 5.74) is 0.156. The molecule has 0 aliphatic carbocycles. The standard InChI is InChI=1S/C20H28N2O5/c1-4-6-8-9-12-21-17-14-15(22(24)25)10-11-16(17)18(26-3)19(20(21)23)27-13-7-5-2/h10-11,14H,4-9,12-13H2,1-3H3. The van der Waals surface area contributed by atoms with Crippen LogP contribution in [-0.4, -0.2) is 23.2 Å². The highest BCUT2D eigenvalue weighted by atomic mass is 16.6. The minimum Gasteiger partial charge on any atom is -0.492 e. The Morgan fingerprint density at radius 3 is 2.44 bits per heavy atom. The number of ether oxygens (including phenoxy) is 2. The summed E-state index contributed by atoms with van der Waals surface area (Å²) in [4.78, 5) is 23.8. The van der Waals surface area contributed by atoms with Crippen molar-refractivity contribution in [1.29, 1.82) is 0 Å². The number of hydrogen-bond donors (Lipinski definition) is 0. The fourth-order valence-corrected chi connectivity index (χ4v) is 3.07. The van der Waals surface area contributed by atoms with Crippen molar-refractivity contribution >= 4 is 16.6 Å². The van der Waals surface area contributed by atoms with Crippen molar-refractivity contribution in [2.45, 2.75) is 58.9 Å². The Labute approximate surface area is 159 Å². The first-order valence-corrected chi connectivity index (χ1v) is 9.56. The normalized spacial score (nSPS) is 10.9. The zero-order chi connectivity index (χ0) is 19.8. The molecule has 7 nitrogen and oxygen atoms in total. The number of nitro benzene ring substituents is 1. The lowest BCUT2D eigenvalue weighted by molar-refractivity contribution is -0.384. The molecule has 2 aromatic rings. The molecule has 0 atom stereocenters. The molecule has 0 amide bonds. The summed E-state index contributed by atoms with van der Waals surface area (Å²) in [5.74, 6) is 0.522. The molecule has 1 aromatic carbocycles. The number of pyridine rings is 1. The van der Waals surface area contributed by atoms with Gasteiger partial charge in [-0.3, -0.25) is 14.9 Å². The van der Waals surface area contributed by atoms with Gasteiger partial charge in [0.15, 0.2) is 5.75 Å². The number of hydrogen-bond acceptors (Lipinski definition) is 5. The Morgan fingerprint density at radius 2 is 1.81 bits per heavy atom. The second kappa shape index (κ2) is 9.94. The van der Waals surface area contributed by atoms with Crippen molar-refractivity contribution in [3.05, 3.63) is 38.7 Å². The topological polar surface area (TPSA) is 83.6 Å². The summed E-state index contributed by atoms with van der Waals surface area (Å²) in [6, 6.07) is 4.49. The van der Waals surface area contributed by atoms with E-state index in [1.54, 1.807) is 10.6 Å². The molecular weight excluding hydrogens is 348 g/mol. The number of benzene rings is 1. The first kappa shape index (κ1) is 20.7. The van der Waals surface area contributed by atoms with Crippen LogP contribution in [0.3, 0.4) is 0 Å². The van der Waals surface area contributed by atoms with E-state index >= 15 is 0 Å². The maximum Gasteiger partial charge on any atom is 0.297 e. The van der Waals surface area contributed by atoms with Crippen LogP contribution in [0.25, 0.3) is 10.9 Å². The third kappa shape index (κ3) is 4.78. The van der Waals surface area contributed by atoms with Crippen LogP contribution in [0.2, 0.25) is 0 Å². The molecule has 0 spiro atoms. The number of non-ortho nitro benzene ring substituents is 1. The van der Waals surface area contributed by atoms with Crippen LogP contribution >= 0.6 is 0 Å². The number of fused-ring (bicyclic) bond motifs is 1. The third-order valence-corrected chi connectivity index (χ3v) is 4.56. The van der Waals surface area contributed by atoms with Crippen molar-refractivity contribution in [3.63, 3.8) is 0 Å². The fourth-order valence-electron chi connectivity index (χ4n) is 3.07. The maximum atomic E-state index is 13.1. The molecule has 2 rings (SSSR count). The number of unbranched alkanes of at least 4 members (excludes halogenated alkanes) is 4. The Balaban J connectivity index is 2.60. The zero-order valence-corrected chi connectivity index (χ0v) is 16.3. The van der Waals surface area contributed by atoms with Crippen LogP contribution in [0.4, 0.5) is 5.69 Å². The van der Waals surface area contributed by atoms with Crippen LogP contribution in [0, 0.1) is 10.1 Å². The van der Waals surface area contributed by atoms with E-state index in [0.717, 1.165) is 38.5 Å². The van der Waals surface area contributed by atoms with E-state index in [9.17, 15) is 14.9 Å². The van der Waals surface area contributed by atoms with E-state index in [2.05, 4.69) is 6.92 Å². The van der Waals surface area contributed by atoms with Gasteiger partial charge in [-0.25, -0.2) is 0 Å². The van der Waals surface area contributed by atoms with Gasteiger partial charge in [0.05, 0.1) is 24.2 Å². The van der Waals surface area contributed by atoms with Gasteiger partial charge in [-0.05, 0) is 18.9 Å². The molecule has 0 bridgehead atoms. The maximum absolute atomic E-state index is 13.1. The predicted octanol–water partition coefficient (Wildman–Crippen LogP) is 4.68. The van der Waals surface area contributed by atoms with Crippen LogP contribution in [-0.2, 0) is 6.54 Å². The average molecular weight is 376 g/mol. The fraction of sp³-hybridized carbons (Fsp3) is 0.550. The van der Waals surface area contributed by atoms with E-state index in [0.29, 0.717) is 29.8 Å². The highest BCUT2D eigenvalue weighted by molar-refractivity contribution is 5.89. The van der Waals surface area contributed by atoms with E-state index < -0.39 is 4.92 Å². The van der Waals surface area contributed by atoms with E-state index in [-0.39, 0.29) is 17.0 Å². The molecule has 1 heterocycles. The summed E-state index contributed by atoms with van der Waals surface area (Å²) in [5, 5.41) is 11.8. The van der Waals surface area contributed by atoms with Crippen molar-refractivity contribution in [2.75, 3.05) is 13.7 Å². The molecule has 0 aliphatic heterocycles. The van der Waals surface area contributed by atoms with Gasteiger partial charge >= 0.3 is 0 Å².